The Bertz CT molecular complexity index is 892. The fourth-order valence-electron chi connectivity index (χ4n) is 2.87. The van der Waals surface area contributed by atoms with Gasteiger partial charge in [0.05, 0.1) is 24.2 Å². The third kappa shape index (κ3) is 3.30. The fourth-order valence-corrected chi connectivity index (χ4v) is 2.87. The predicted octanol–water partition coefficient (Wildman–Crippen LogP) is 2.36. The first kappa shape index (κ1) is 17.2. The number of benzene rings is 1. The Morgan fingerprint density at radius 2 is 1.88 bits per heavy atom. The van der Waals surface area contributed by atoms with E-state index in [0.29, 0.717) is 48.7 Å². The topological polar surface area (TPSA) is 63.0 Å². The van der Waals surface area contributed by atoms with Gasteiger partial charge < -0.3 is 19.0 Å². The minimum absolute atomic E-state index is 0.152. The Labute approximate surface area is 146 Å². The van der Waals surface area contributed by atoms with Crippen LogP contribution in [0.25, 0.3) is 16.7 Å². The van der Waals surface area contributed by atoms with Crippen LogP contribution in [0.3, 0.4) is 0 Å². The highest BCUT2D eigenvalue weighted by Gasteiger charge is 2.19. The van der Waals surface area contributed by atoms with Gasteiger partial charge in [-0.1, -0.05) is 6.58 Å². The van der Waals surface area contributed by atoms with Crippen LogP contribution in [0.4, 0.5) is 5.88 Å². The molecule has 2 heterocycles. The Morgan fingerprint density at radius 3 is 2.48 bits per heavy atom. The molecule has 6 heteroatoms. The predicted molar refractivity (Wildman–Crippen MR) is 98.2 cm³/mol. The first-order valence-corrected chi connectivity index (χ1v) is 8.20. The van der Waals surface area contributed by atoms with Crippen LogP contribution in [0.2, 0.25) is 0 Å². The molecule has 1 fully saturated rings. The van der Waals surface area contributed by atoms with Crippen LogP contribution in [-0.4, -0.2) is 51.1 Å². The fraction of sp³-hybridized carbons (Fsp3) is 0.368. The SMILES string of the molecule is C=C(c1cc(C(C)=O)c2oc(N3CCOCC3)cc(=O)c2c1)N(C)C. The summed E-state index contributed by atoms with van der Waals surface area (Å²) in [5.41, 5.74) is 2.01. The van der Waals surface area contributed by atoms with Crippen molar-refractivity contribution in [1.29, 1.82) is 0 Å². The molecule has 1 aromatic carbocycles. The molecule has 1 aliphatic rings. The lowest BCUT2D eigenvalue weighted by Crippen LogP contribution is -2.36. The van der Waals surface area contributed by atoms with Crippen LogP contribution in [0, 0.1) is 0 Å². The zero-order valence-electron chi connectivity index (χ0n) is 14.8. The maximum atomic E-state index is 12.7. The van der Waals surface area contributed by atoms with Gasteiger partial charge >= 0.3 is 0 Å². The largest absolute Gasteiger partial charge is 0.440 e. The van der Waals surface area contributed by atoms with Crippen molar-refractivity contribution in [1.82, 2.24) is 4.90 Å². The summed E-state index contributed by atoms with van der Waals surface area (Å²) >= 11 is 0. The first-order chi connectivity index (χ1) is 11.9. The molecule has 3 rings (SSSR count). The number of anilines is 1. The Hall–Kier alpha value is -2.60. The lowest BCUT2D eigenvalue weighted by molar-refractivity contribution is 0.101. The molecule has 6 nitrogen and oxygen atoms in total. The molecule has 0 radical (unpaired) electrons. The highest BCUT2D eigenvalue weighted by molar-refractivity contribution is 6.06. The van der Waals surface area contributed by atoms with E-state index in [-0.39, 0.29) is 11.2 Å². The number of morpholine rings is 1. The van der Waals surface area contributed by atoms with Crippen molar-refractivity contribution in [2.45, 2.75) is 6.92 Å². The van der Waals surface area contributed by atoms with E-state index >= 15 is 0 Å². The number of hydrogen-bond donors (Lipinski definition) is 0. The molecule has 0 unspecified atom stereocenters. The van der Waals surface area contributed by atoms with E-state index in [1.807, 2.05) is 23.9 Å². The molecular weight excluding hydrogens is 320 g/mol. The van der Waals surface area contributed by atoms with Crippen molar-refractivity contribution in [2.75, 3.05) is 45.3 Å². The van der Waals surface area contributed by atoms with Crippen LogP contribution < -0.4 is 10.3 Å². The summed E-state index contributed by atoms with van der Waals surface area (Å²) in [5.74, 6) is 0.322. The van der Waals surface area contributed by atoms with Gasteiger partial charge in [0.2, 0.25) is 0 Å². The standard InChI is InChI=1S/C19H22N2O4/c1-12(20(3)4)14-9-15(13(2)22)19-16(10-14)17(23)11-18(25-19)21-5-7-24-8-6-21/h9-11H,1,5-8H2,2-4H3. The molecule has 0 atom stereocenters. The summed E-state index contributed by atoms with van der Waals surface area (Å²) in [5, 5.41) is 0.391. The van der Waals surface area contributed by atoms with Crippen LogP contribution >= 0.6 is 0 Å². The monoisotopic (exact) mass is 342 g/mol. The quantitative estimate of drug-likeness (QED) is 0.795. The minimum atomic E-state index is -0.168. The molecule has 1 saturated heterocycles. The Kier molecular flexibility index (Phi) is 4.63. The molecular formula is C19H22N2O4. The summed E-state index contributed by atoms with van der Waals surface area (Å²) in [6.45, 7) is 7.96. The molecule has 0 aliphatic carbocycles. The molecule has 132 valence electrons. The smallest absolute Gasteiger partial charge is 0.200 e. The summed E-state index contributed by atoms with van der Waals surface area (Å²) in [6.07, 6.45) is 0. The molecule has 25 heavy (non-hydrogen) atoms. The van der Waals surface area contributed by atoms with Crippen molar-refractivity contribution in [3.05, 3.63) is 46.1 Å². The third-order valence-corrected chi connectivity index (χ3v) is 4.39. The molecule has 0 amide bonds. The van der Waals surface area contributed by atoms with Gasteiger partial charge in [0.25, 0.3) is 0 Å². The van der Waals surface area contributed by atoms with Crippen molar-refractivity contribution in [3.8, 4) is 0 Å². The van der Waals surface area contributed by atoms with E-state index in [1.54, 1.807) is 12.1 Å². The number of carbonyl (C=O) groups excluding carboxylic acids is 1. The number of ketones is 1. The van der Waals surface area contributed by atoms with Gasteiger partial charge in [0.15, 0.2) is 22.7 Å². The first-order valence-electron chi connectivity index (χ1n) is 8.20. The van der Waals surface area contributed by atoms with Crippen LogP contribution in [0.1, 0.15) is 22.8 Å². The molecule has 0 bridgehead atoms. The highest BCUT2D eigenvalue weighted by Crippen LogP contribution is 2.27. The van der Waals surface area contributed by atoms with Gasteiger partial charge in [0, 0.05) is 38.9 Å². The maximum Gasteiger partial charge on any atom is 0.200 e. The van der Waals surface area contributed by atoms with Crippen LogP contribution in [0.15, 0.2) is 34.0 Å². The normalized spacial score (nSPS) is 14.6. The molecule has 1 aromatic heterocycles. The van der Waals surface area contributed by atoms with E-state index in [0.717, 1.165) is 11.3 Å². The molecule has 2 aromatic rings. The van der Waals surface area contributed by atoms with Gasteiger partial charge in [-0.3, -0.25) is 9.59 Å². The number of Topliss-reactive ketones (excluding diaryl/α,β-unsaturated/α-hetero) is 1. The van der Waals surface area contributed by atoms with E-state index in [2.05, 4.69) is 6.58 Å². The van der Waals surface area contributed by atoms with Gasteiger partial charge in [-0.15, -0.1) is 0 Å². The van der Waals surface area contributed by atoms with Crippen molar-refractivity contribution < 1.29 is 13.9 Å². The number of nitrogens with zero attached hydrogens (tertiary/aromatic N) is 2. The highest BCUT2D eigenvalue weighted by atomic mass is 16.5. The second-order valence-electron chi connectivity index (χ2n) is 6.35. The number of fused-ring (bicyclic) bond motifs is 1. The summed E-state index contributed by atoms with van der Waals surface area (Å²) in [6, 6.07) is 4.96. The van der Waals surface area contributed by atoms with Crippen LogP contribution in [-0.2, 0) is 4.74 Å². The summed E-state index contributed by atoms with van der Waals surface area (Å²) < 4.78 is 11.3. The van der Waals surface area contributed by atoms with Gasteiger partial charge in [0.1, 0.15) is 0 Å². The van der Waals surface area contributed by atoms with E-state index in [1.165, 1.54) is 13.0 Å². The molecule has 1 aliphatic heterocycles. The second-order valence-corrected chi connectivity index (χ2v) is 6.35. The zero-order chi connectivity index (χ0) is 18.1. The Balaban J connectivity index is 2.21. The second kappa shape index (κ2) is 6.72. The van der Waals surface area contributed by atoms with Crippen molar-refractivity contribution in [3.63, 3.8) is 0 Å². The van der Waals surface area contributed by atoms with E-state index in [4.69, 9.17) is 9.15 Å². The van der Waals surface area contributed by atoms with Gasteiger partial charge in [-0.2, -0.15) is 0 Å². The molecule has 0 N–H and O–H groups in total. The minimum Gasteiger partial charge on any atom is -0.440 e. The zero-order valence-corrected chi connectivity index (χ0v) is 14.8. The number of hydrogen-bond acceptors (Lipinski definition) is 6. The van der Waals surface area contributed by atoms with E-state index < -0.39 is 0 Å². The number of carbonyl (C=O) groups is 1. The summed E-state index contributed by atoms with van der Waals surface area (Å²) in [7, 11) is 3.73. The van der Waals surface area contributed by atoms with Gasteiger partial charge in [-0.25, -0.2) is 0 Å². The van der Waals surface area contributed by atoms with Gasteiger partial charge in [-0.05, 0) is 24.6 Å². The lowest BCUT2D eigenvalue weighted by Gasteiger charge is -2.27. The lowest BCUT2D eigenvalue weighted by atomic mass is 10.0. The Morgan fingerprint density at radius 1 is 1.20 bits per heavy atom. The summed E-state index contributed by atoms with van der Waals surface area (Å²) in [4.78, 5) is 28.7. The van der Waals surface area contributed by atoms with Crippen LogP contribution in [0.5, 0.6) is 0 Å². The average molecular weight is 342 g/mol. The van der Waals surface area contributed by atoms with Crippen molar-refractivity contribution >= 4 is 28.3 Å². The third-order valence-electron chi connectivity index (χ3n) is 4.39. The van der Waals surface area contributed by atoms with E-state index in [9.17, 15) is 9.59 Å². The maximum absolute atomic E-state index is 12.7. The molecule has 0 spiro atoms. The number of rotatable bonds is 4. The average Bonchev–Trinajstić information content (AvgIpc) is 2.60. The molecule has 0 saturated carbocycles. The van der Waals surface area contributed by atoms with Crippen molar-refractivity contribution in [2.24, 2.45) is 0 Å². The number of ether oxygens (including phenoxy) is 1.